The number of carbonyl (C=O) groups excluding carboxylic acids is 1. The third kappa shape index (κ3) is 3.86. The van der Waals surface area contributed by atoms with Gasteiger partial charge in [0.2, 0.25) is 5.91 Å². The van der Waals surface area contributed by atoms with Crippen LogP contribution in [0.1, 0.15) is 12.5 Å². The average Bonchev–Trinajstić information content (AvgIpc) is 2.54. The van der Waals surface area contributed by atoms with Crippen LogP contribution in [0.2, 0.25) is 0 Å². The molecular weight excluding hydrogens is 328 g/mol. The van der Waals surface area contributed by atoms with E-state index in [2.05, 4.69) is 4.72 Å². The molecule has 6 nitrogen and oxygen atoms in total. The van der Waals surface area contributed by atoms with E-state index in [0.717, 1.165) is 5.56 Å². The Morgan fingerprint density at radius 3 is 2.29 bits per heavy atom. The molecule has 0 aliphatic rings. The van der Waals surface area contributed by atoms with E-state index in [1.54, 1.807) is 31.3 Å². The summed E-state index contributed by atoms with van der Waals surface area (Å²) in [7, 11) is -0.651. The van der Waals surface area contributed by atoms with Gasteiger partial charge in [-0.05, 0) is 48.9 Å². The number of amides is 1. The van der Waals surface area contributed by atoms with Crippen molar-refractivity contribution in [3.63, 3.8) is 0 Å². The molecule has 0 radical (unpaired) electrons. The SMILES string of the molecule is COc1ccc(C)cc1NS(=O)(=O)c1ccc(N(C)C(C)=O)cc1. The van der Waals surface area contributed by atoms with Crippen LogP contribution in [0, 0.1) is 6.92 Å². The number of anilines is 2. The largest absolute Gasteiger partial charge is 0.495 e. The Labute approximate surface area is 142 Å². The van der Waals surface area contributed by atoms with Gasteiger partial charge < -0.3 is 9.64 Å². The Hall–Kier alpha value is -2.54. The van der Waals surface area contributed by atoms with Crippen LogP contribution in [0.5, 0.6) is 5.75 Å². The van der Waals surface area contributed by atoms with E-state index in [0.29, 0.717) is 17.1 Å². The van der Waals surface area contributed by atoms with Gasteiger partial charge in [0.05, 0.1) is 17.7 Å². The lowest BCUT2D eigenvalue weighted by molar-refractivity contribution is -0.116. The number of sulfonamides is 1. The second-order valence-electron chi connectivity index (χ2n) is 5.38. The molecule has 7 heteroatoms. The van der Waals surface area contributed by atoms with Gasteiger partial charge in [-0.3, -0.25) is 9.52 Å². The van der Waals surface area contributed by atoms with Crippen LogP contribution < -0.4 is 14.4 Å². The van der Waals surface area contributed by atoms with Crippen molar-refractivity contribution in [1.82, 2.24) is 0 Å². The Balaban J connectivity index is 2.31. The molecule has 1 amide bonds. The lowest BCUT2D eigenvalue weighted by Crippen LogP contribution is -2.22. The zero-order valence-corrected chi connectivity index (χ0v) is 14.8. The number of hydrogen-bond acceptors (Lipinski definition) is 4. The maximum absolute atomic E-state index is 12.5. The van der Waals surface area contributed by atoms with Gasteiger partial charge in [-0.2, -0.15) is 0 Å². The molecule has 2 aromatic carbocycles. The van der Waals surface area contributed by atoms with Crippen molar-refractivity contribution >= 4 is 27.3 Å². The molecule has 24 heavy (non-hydrogen) atoms. The average molecular weight is 348 g/mol. The summed E-state index contributed by atoms with van der Waals surface area (Å²) < 4.78 is 32.8. The van der Waals surface area contributed by atoms with Gasteiger partial charge in [0.1, 0.15) is 5.75 Å². The molecular formula is C17H20N2O4S. The zero-order chi connectivity index (χ0) is 17.9. The van der Waals surface area contributed by atoms with Crippen LogP contribution in [-0.2, 0) is 14.8 Å². The van der Waals surface area contributed by atoms with Gasteiger partial charge in [0.15, 0.2) is 0 Å². The standard InChI is InChI=1S/C17H20N2O4S/c1-12-5-10-17(23-4)16(11-12)18-24(21,22)15-8-6-14(7-9-15)19(3)13(2)20/h5-11,18H,1-4H3. The summed E-state index contributed by atoms with van der Waals surface area (Å²) in [6, 6.07) is 11.3. The Kier molecular flexibility index (Phi) is 5.14. The minimum atomic E-state index is -3.76. The highest BCUT2D eigenvalue weighted by atomic mass is 32.2. The van der Waals surface area contributed by atoms with Crippen LogP contribution in [0.3, 0.4) is 0 Å². The molecule has 128 valence electrons. The van der Waals surface area contributed by atoms with E-state index in [9.17, 15) is 13.2 Å². The van der Waals surface area contributed by atoms with Gasteiger partial charge in [0, 0.05) is 19.7 Å². The molecule has 0 saturated carbocycles. The lowest BCUT2D eigenvalue weighted by Gasteiger charge is -2.16. The highest BCUT2D eigenvalue weighted by molar-refractivity contribution is 7.92. The predicted molar refractivity (Wildman–Crippen MR) is 94.1 cm³/mol. The second kappa shape index (κ2) is 6.92. The number of nitrogens with one attached hydrogen (secondary N) is 1. The van der Waals surface area contributed by atoms with Gasteiger partial charge in [0.25, 0.3) is 10.0 Å². The van der Waals surface area contributed by atoms with Crippen LogP contribution in [-0.4, -0.2) is 28.5 Å². The Morgan fingerprint density at radius 2 is 1.75 bits per heavy atom. The van der Waals surface area contributed by atoms with Crippen molar-refractivity contribution in [2.75, 3.05) is 23.8 Å². The fourth-order valence-electron chi connectivity index (χ4n) is 2.14. The molecule has 0 aliphatic carbocycles. The molecule has 0 fully saturated rings. The first kappa shape index (κ1) is 17.8. The van der Waals surface area contributed by atoms with Crippen molar-refractivity contribution in [3.05, 3.63) is 48.0 Å². The highest BCUT2D eigenvalue weighted by Gasteiger charge is 2.17. The molecule has 2 aromatic rings. The first-order chi connectivity index (χ1) is 11.2. The normalized spacial score (nSPS) is 11.0. The lowest BCUT2D eigenvalue weighted by atomic mass is 10.2. The number of nitrogens with zero attached hydrogens (tertiary/aromatic N) is 1. The summed E-state index contributed by atoms with van der Waals surface area (Å²) >= 11 is 0. The monoisotopic (exact) mass is 348 g/mol. The van der Waals surface area contributed by atoms with Gasteiger partial charge in [-0.25, -0.2) is 8.42 Å². The Morgan fingerprint density at radius 1 is 1.12 bits per heavy atom. The van der Waals surface area contributed by atoms with Crippen LogP contribution >= 0.6 is 0 Å². The molecule has 0 aliphatic heterocycles. The van der Waals surface area contributed by atoms with Crippen molar-refractivity contribution in [3.8, 4) is 5.75 Å². The Bertz CT molecular complexity index is 845. The predicted octanol–water partition coefficient (Wildman–Crippen LogP) is 2.79. The van der Waals surface area contributed by atoms with Gasteiger partial charge in [-0.1, -0.05) is 6.07 Å². The minimum Gasteiger partial charge on any atom is -0.495 e. The highest BCUT2D eigenvalue weighted by Crippen LogP contribution is 2.28. The molecule has 0 aromatic heterocycles. The third-order valence-corrected chi connectivity index (χ3v) is 4.99. The molecule has 0 saturated heterocycles. The quantitative estimate of drug-likeness (QED) is 0.901. The molecule has 1 N–H and O–H groups in total. The maximum atomic E-state index is 12.5. The molecule has 0 bridgehead atoms. The summed E-state index contributed by atoms with van der Waals surface area (Å²) in [5.41, 5.74) is 1.91. The van der Waals surface area contributed by atoms with E-state index in [1.807, 2.05) is 13.0 Å². The number of methoxy groups -OCH3 is 1. The van der Waals surface area contributed by atoms with E-state index in [4.69, 9.17) is 4.74 Å². The minimum absolute atomic E-state index is 0.103. The fraction of sp³-hybridized carbons (Fsp3) is 0.235. The number of rotatable bonds is 5. The molecule has 0 heterocycles. The van der Waals surface area contributed by atoms with Crippen LogP contribution in [0.25, 0.3) is 0 Å². The summed E-state index contributed by atoms with van der Waals surface area (Å²) in [5.74, 6) is 0.310. The molecule has 0 spiro atoms. The molecule has 0 unspecified atom stereocenters. The van der Waals surface area contributed by atoms with Crippen molar-refractivity contribution in [2.45, 2.75) is 18.7 Å². The third-order valence-electron chi connectivity index (χ3n) is 3.61. The summed E-state index contributed by atoms with van der Waals surface area (Å²) in [6.45, 7) is 3.31. The fourth-order valence-corrected chi connectivity index (χ4v) is 3.20. The smallest absolute Gasteiger partial charge is 0.262 e. The van der Waals surface area contributed by atoms with E-state index < -0.39 is 10.0 Å². The number of hydrogen-bond donors (Lipinski definition) is 1. The molecule has 0 atom stereocenters. The second-order valence-corrected chi connectivity index (χ2v) is 7.06. The first-order valence-corrected chi connectivity index (χ1v) is 8.75. The molecule has 2 rings (SSSR count). The van der Waals surface area contributed by atoms with Gasteiger partial charge >= 0.3 is 0 Å². The van der Waals surface area contributed by atoms with E-state index in [1.165, 1.54) is 31.1 Å². The van der Waals surface area contributed by atoms with E-state index in [-0.39, 0.29) is 10.8 Å². The maximum Gasteiger partial charge on any atom is 0.262 e. The number of benzene rings is 2. The summed E-state index contributed by atoms with van der Waals surface area (Å²) in [6.07, 6.45) is 0. The number of ether oxygens (including phenoxy) is 1. The summed E-state index contributed by atoms with van der Waals surface area (Å²) in [5, 5.41) is 0. The topological polar surface area (TPSA) is 75.7 Å². The number of carbonyl (C=O) groups is 1. The first-order valence-electron chi connectivity index (χ1n) is 7.26. The van der Waals surface area contributed by atoms with Crippen LogP contribution in [0.4, 0.5) is 11.4 Å². The zero-order valence-electron chi connectivity index (χ0n) is 14.0. The van der Waals surface area contributed by atoms with Crippen molar-refractivity contribution < 1.29 is 17.9 Å². The van der Waals surface area contributed by atoms with Crippen molar-refractivity contribution in [1.29, 1.82) is 0 Å². The van der Waals surface area contributed by atoms with Crippen LogP contribution in [0.15, 0.2) is 47.4 Å². The van der Waals surface area contributed by atoms with E-state index >= 15 is 0 Å². The summed E-state index contributed by atoms with van der Waals surface area (Å²) in [4.78, 5) is 12.9. The van der Waals surface area contributed by atoms with Gasteiger partial charge in [-0.15, -0.1) is 0 Å². The number of aryl methyl sites for hydroxylation is 1. The van der Waals surface area contributed by atoms with Crippen molar-refractivity contribution in [2.24, 2.45) is 0 Å².